The summed E-state index contributed by atoms with van der Waals surface area (Å²) in [6, 6.07) is 1.67. The summed E-state index contributed by atoms with van der Waals surface area (Å²) < 4.78 is 7.72. The smallest absolute Gasteiger partial charge is 0.270 e. The summed E-state index contributed by atoms with van der Waals surface area (Å²) in [6.45, 7) is 1.77. The standard InChI is InChI=1S/C13H14ClN5O2/c14-8-3-10(15-4-8)13(20)18-2-1-12-11(6-18)19-9(7-21-12)5-16-17-19/h3-5,11-12,15H,1-2,6-7H2/t11-,12+/m1/s1. The molecule has 0 saturated carbocycles. The van der Waals surface area contributed by atoms with Gasteiger partial charge in [-0.05, 0) is 12.5 Å². The molecular formula is C13H14ClN5O2. The minimum absolute atomic E-state index is 0.0272. The van der Waals surface area contributed by atoms with Crippen LogP contribution in [0.3, 0.4) is 0 Å². The minimum Gasteiger partial charge on any atom is -0.370 e. The monoisotopic (exact) mass is 307 g/mol. The van der Waals surface area contributed by atoms with Crippen LogP contribution in [0.4, 0.5) is 0 Å². The number of hydrogen-bond donors (Lipinski definition) is 1. The van der Waals surface area contributed by atoms with E-state index >= 15 is 0 Å². The SMILES string of the molecule is O=C(c1cc(Cl)c[nH]1)N1CC[C@@H]2OCc3cnnn3[C@@H]2C1. The molecule has 1 N–H and O–H groups in total. The summed E-state index contributed by atoms with van der Waals surface area (Å²) in [7, 11) is 0. The highest BCUT2D eigenvalue weighted by molar-refractivity contribution is 6.30. The summed E-state index contributed by atoms with van der Waals surface area (Å²) in [5.41, 5.74) is 1.46. The predicted molar refractivity (Wildman–Crippen MR) is 74.0 cm³/mol. The van der Waals surface area contributed by atoms with Crippen molar-refractivity contribution in [2.45, 2.75) is 25.2 Å². The Morgan fingerprint density at radius 1 is 1.52 bits per heavy atom. The van der Waals surface area contributed by atoms with Crippen molar-refractivity contribution in [1.29, 1.82) is 0 Å². The molecule has 4 heterocycles. The van der Waals surface area contributed by atoms with Crippen LogP contribution >= 0.6 is 11.6 Å². The van der Waals surface area contributed by atoms with E-state index in [0.29, 0.717) is 30.4 Å². The van der Waals surface area contributed by atoms with Crippen LogP contribution in [0.5, 0.6) is 0 Å². The molecule has 2 aliphatic heterocycles. The van der Waals surface area contributed by atoms with E-state index in [1.807, 2.05) is 9.58 Å². The first kappa shape index (κ1) is 12.8. The first-order chi connectivity index (χ1) is 10.2. The summed E-state index contributed by atoms with van der Waals surface area (Å²) in [5, 5.41) is 8.60. The molecule has 2 atom stereocenters. The van der Waals surface area contributed by atoms with Crippen molar-refractivity contribution in [3.8, 4) is 0 Å². The number of rotatable bonds is 1. The fraction of sp³-hybridized carbons (Fsp3) is 0.462. The van der Waals surface area contributed by atoms with E-state index in [1.165, 1.54) is 0 Å². The molecule has 8 heteroatoms. The molecule has 0 aliphatic carbocycles. The number of ether oxygens (including phenoxy) is 1. The molecule has 0 bridgehead atoms. The number of H-pyrrole nitrogens is 1. The molecule has 2 aromatic heterocycles. The van der Waals surface area contributed by atoms with Crippen molar-refractivity contribution in [3.05, 3.63) is 34.9 Å². The number of amides is 1. The molecular weight excluding hydrogens is 294 g/mol. The number of carbonyl (C=O) groups is 1. The van der Waals surface area contributed by atoms with Gasteiger partial charge in [-0.3, -0.25) is 4.79 Å². The molecule has 7 nitrogen and oxygen atoms in total. The Morgan fingerprint density at radius 2 is 2.43 bits per heavy atom. The summed E-state index contributed by atoms with van der Waals surface area (Å²) in [5.74, 6) is -0.0485. The molecule has 0 spiro atoms. The Labute approximate surface area is 125 Å². The van der Waals surface area contributed by atoms with E-state index in [0.717, 1.165) is 12.1 Å². The average Bonchev–Trinajstić information content (AvgIpc) is 3.14. The van der Waals surface area contributed by atoms with Crippen molar-refractivity contribution in [1.82, 2.24) is 24.9 Å². The number of halogens is 1. The lowest BCUT2D eigenvalue weighted by Gasteiger charge is -2.40. The van der Waals surface area contributed by atoms with Crippen molar-refractivity contribution in [2.75, 3.05) is 13.1 Å². The third-order valence-electron chi connectivity index (χ3n) is 4.09. The van der Waals surface area contributed by atoms with Crippen molar-refractivity contribution in [2.24, 2.45) is 0 Å². The number of nitrogens with zero attached hydrogens (tertiary/aromatic N) is 4. The number of likely N-dealkylation sites (tertiary alicyclic amines) is 1. The molecule has 1 amide bonds. The lowest BCUT2D eigenvalue weighted by molar-refractivity contribution is -0.0605. The zero-order valence-electron chi connectivity index (χ0n) is 11.2. The van der Waals surface area contributed by atoms with E-state index in [9.17, 15) is 4.79 Å². The van der Waals surface area contributed by atoms with Crippen molar-refractivity contribution in [3.63, 3.8) is 0 Å². The molecule has 4 rings (SSSR count). The maximum atomic E-state index is 12.5. The van der Waals surface area contributed by atoms with E-state index in [-0.39, 0.29) is 18.1 Å². The number of aromatic nitrogens is 4. The molecule has 110 valence electrons. The van der Waals surface area contributed by atoms with E-state index in [2.05, 4.69) is 15.3 Å². The van der Waals surface area contributed by atoms with Gasteiger partial charge in [-0.25, -0.2) is 4.68 Å². The maximum Gasteiger partial charge on any atom is 0.270 e. The number of aromatic amines is 1. The van der Waals surface area contributed by atoms with Gasteiger partial charge in [-0.15, -0.1) is 5.10 Å². The van der Waals surface area contributed by atoms with E-state index in [4.69, 9.17) is 16.3 Å². The van der Waals surface area contributed by atoms with Gasteiger partial charge in [0.2, 0.25) is 0 Å². The van der Waals surface area contributed by atoms with Crippen LogP contribution in [0, 0.1) is 0 Å². The van der Waals surface area contributed by atoms with Gasteiger partial charge in [0.15, 0.2) is 0 Å². The molecule has 0 aromatic carbocycles. The predicted octanol–water partition coefficient (Wildman–Crippen LogP) is 1.25. The second-order valence-electron chi connectivity index (χ2n) is 5.36. The zero-order chi connectivity index (χ0) is 14.4. The summed E-state index contributed by atoms with van der Waals surface area (Å²) in [6.07, 6.45) is 4.21. The minimum atomic E-state index is -0.0485. The van der Waals surface area contributed by atoms with Crippen LogP contribution in [0.1, 0.15) is 28.6 Å². The second-order valence-corrected chi connectivity index (χ2v) is 5.79. The Balaban J connectivity index is 1.57. The van der Waals surface area contributed by atoms with Gasteiger partial charge in [-0.1, -0.05) is 16.8 Å². The first-order valence-corrected chi connectivity index (χ1v) is 7.24. The van der Waals surface area contributed by atoms with Gasteiger partial charge < -0.3 is 14.6 Å². The van der Waals surface area contributed by atoms with Gasteiger partial charge in [0.05, 0.1) is 35.7 Å². The van der Waals surface area contributed by atoms with Gasteiger partial charge in [-0.2, -0.15) is 0 Å². The lowest BCUT2D eigenvalue weighted by Crippen LogP contribution is -2.50. The fourth-order valence-electron chi connectivity index (χ4n) is 3.03. The number of hydrogen-bond acceptors (Lipinski definition) is 4. The number of nitrogens with one attached hydrogen (secondary N) is 1. The Kier molecular flexibility index (Phi) is 2.97. The summed E-state index contributed by atoms with van der Waals surface area (Å²) >= 11 is 5.86. The van der Waals surface area contributed by atoms with Crippen molar-refractivity contribution < 1.29 is 9.53 Å². The maximum absolute atomic E-state index is 12.5. The van der Waals surface area contributed by atoms with E-state index in [1.54, 1.807) is 18.5 Å². The van der Waals surface area contributed by atoms with Gasteiger partial charge in [0, 0.05) is 19.3 Å². The number of carbonyl (C=O) groups excluding carboxylic acids is 1. The Bertz CT molecular complexity index is 682. The number of fused-ring (bicyclic) bond motifs is 3. The molecule has 2 aliphatic rings. The van der Waals surface area contributed by atoms with Gasteiger partial charge in [0.25, 0.3) is 5.91 Å². The molecule has 0 radical (unpaired) electrons. The molecule has 21 heavy (non-hydrogen) atoms. The topological polar surface area (TPSA) is 76.0 Å². The average molecular weight is 308 g/mol. The molecule has 0 unspecified atom stereocenters. The van der Waals surface area contributed by atoms with Crippen LogP contribution in [-0.2, 0) is 11.3 Å². The van der Waals surface area contributed by atoms with Gasteiger partial charge in [0.1, 0.15) is 5.69 Å². The lowest BCUT2D eigenvalue weighted by atomic mass is 10.00. The van der Waals surface area contributed by atoms with Crippen molar-refractivity contribution >= 4 is 17.5 Å². The second kappa shape index (κ2) is 4.85. The summed E-state index contributed by atoms with van der Waals surface area (Å²) in [4.78, 5) is 17.2. The number of piperidine rings is 1. The third kappa shape index (κ3) is 2.13. The normalized spacial score (nSPS) is 24.5. The zero-order valence-corrected chi connectivity index (χ0v) is 12.0. The van der Waals surface area contributed by atoms with Gasteiger partial charge >= 0.3 is 0 Å². The quantitative estimate of drug-likeness (QED) is 0.860. The Morgan fingerprint density at radius 3 is 3.24 bits per heavy atom. The Hall–Kier alpha value is -1.86. The largest absolute Gasteiger partial charge is 0.370 e. The van der Waals surface area contributed by atoms with Crippen LogP contribution in [-0.4, -0.2) is 50.0 Å². The van der Waals surface area contributed by atoms with Crippen LogP contribution < -0.4 is 0 Å². The van der Waals surface area contributed by atoms with Crippen LogP contribution in [0.15, 0.2) is 18.5 Å². The third-order valence-corrected chi connectivity index (χ3v) is 4.31. The van der Waals surface area contributed by atoms with Crippen LogP contribution in [0.2, 0.25) is 5.02 Å². The fourth-order valence-corrected chi connectivity index (χ4v) is 3.19. The van der Waals surface area contributed by atoms with Crippen LogP contribution in [0.25, 0.3) is 0 Å². The molecule has 1 fully saturated rings. The van der Waals surface area contributed by atoms with E-state index < -0.39 is 0 Å². The highest BCUT2D eigenvalue weighted by Gasteiger charge is 2.38. The molecule has 1 saturated heterocycles. The first-order valence-electron chi connectivity index (χ1n) is 6.86. The highest BCUT2D eigenvalue weighted by Crippen LogP contribution is 2.30. The molecule has 2 aromatic rings. The highest BCUT2D eigenvalue weighted by atomic mass is 35.5.